The maximum atomic E-state index is 12.8. The molecule has 6 nitrogen and oxygen atoms in total. The molecule has 0 amide bonds. The van der Waals surface area contributed by atoms with Gasteiger partial charge in [-0.05, 0) is 51.4 Å². The molecule has 0 N–H and O–H groups in total. The molecule has 1 unspecified atom stereocenters. The van der Waals surface area contributed by atoms with Crippen molar-refractivity contribution in [3.05, 3.63) is 36.5 Å². The molecule has 0 radical (unpaired) electrons. The number of esters is 3. The van der Waals surface area contributed by atoms with E-state index in [1.54, 1.807) is 0 Å². The summed E-state index contributed by atoms with van der Waals surface area (Å²) in [6.45, 7) is 6.53. The first-order valence-electron chi connectivity index (χ1n) is 25.5. The summed E-state index contributed by atoms with van der Waals surface area (Å²) < 4.78 is 16.8. The third-order valence-electron chi connectivity index (χ3n) is 11.2. The van der Waals surface area contributed by atoms with Gasteiger partial charge in [0.05, 0.1) is 0 Å². The van der Waals surface area contributed by atoms with Crippen molar-refractivity contribution in [3.63, 3.8) is 0 Å². The highest BCUT2D eigenvalue weighted by Crippen LogP contribution is 2.16. The highest BCUT2D eigenvalue weighted by molar-refractivity contribution is 5.71. The molecule has 0 aromatic carbocycles. The van der Waals surface area contributed by atoms with E-state index in [0.29, 0.717) is 19.3 Å². The lowest BCUT2D eigenvalue weighted by molar-refractivity contribution is -0.167. The van der Waals surface area contributed by atoms with E-state index < -0.39 is 6.10 Å². The largest absolute Gasteiger partial charge is 0.462 e. The summed E-state index contributed by atoms with van der Waals surface area (Å²) in [5.41, 5.74) is 0. The molecule has 0 heterocycles. The fraction of sp³-hybridized carbons (Fsp3) is 0.830. The fourth-order valence-corrected chi connectivity index (χ4v) is 7.34. The Morgan fingerprint density at radius 1 is 0.356 bits per heavy atom. The van der Waals surface area contributed by atoms with Crippen molar-refractivity contribution >= 4 is 17.9 Å². The van der Waals surface area contributed by atoms with E-state index in [2.05, 4.69) is 57.2 Å². The van der Waals surface area contributed by atoms with Gasteiger partial charge in [0.1, 0.15) is 13.2 Å². The van der Waals surface area contributed by atoms with Crippen LogP contribution in [-0.4, -0.2) is 37.2 Å². The van der Waals surface area contributed by atoms with Crippen molar-refractivity contribution in [2.45, 2.75) is 271 Å². The first-order chi connectivity index (χ1) is 29.0. The zero-order valence-electron chi connectivity index (χ0n) is 39.3. The van der Waals surface area contributed by atoms with Gasteiger partial charge in [-0.3, -0.25) is 14.4 Å². The Kier molecular flexibility index (Phi) is 46.4. The van der Waals surface area contributed by atoms with Crippen molar-refractivity contribution < 1.29 is 28.6 Å². The maximum absolute atomic E-state index is 12.8. The van der Waals surface area contributed by atoms with Gasteiger partial charge in [0.2, 0.25) is 0 Å². The zero-order valence-corrected chi connectivity index (χ0v) is 39.3. The summed E-state index contributed by atoms with van der Waals surface area (Å²) in [7, 11) is 0. The van der Waals surface area contributed by atoms with Crippen LogP contribution in [0.25, 0.3) is 0 Å². The van der Waals surface area contributed by atoms with E-state index in [1.807, 2.05) is 0 Å². The van der Waals surface area contributed by atoms with Gasteiger partial charge in [0.25, 0.3) is 0 Å². The molecule has 0 saturated carbocycles. The van der Waals surface area contributed by atoms with E-state index in [4.69, 9.17) is 14.2 Å². The molecule has 0 fully saturated rings. The standard InChI is InChI=1S/C53H96O6/c1-4-7-10-13-16-19-22-24-26-28-31-34-37-40-43-46-52(55)58-49-50(48-57-51(54)45-42-39-36-33-30-21-18-15-12-9-6-3)59-53(56)47-44-41-38-35-32-29-27-25-23-20-17-14-11-8-5-2/h7,10,16,19,24,26,50H,4-6,8-9,11-15,17-18,20-23,25,27-49H2,1-3H3/b10-7-,19-16-,26-24-. The lowest BCUT2D eigenvalue weighted by Gasteiger charge is -2.18. The number of carbonyl (C=O) groups is 3. The molecular weight excluding hydrogens is 733 g/mol. The van der Waals surface area contributed by atoms with E-state index in [1.165, 1.54) is 128 Å². The molecule has 0 rings (SSSR count). The minimum Gasteiger partial charge on any atom is -0.462 e. The molecular formula is C53H96O6. The summed E-state index contributed by atoms with van der Waals surface area (Å²) in [5.74, 6) is -0.881. The van der Waals surface area contributed by atoms with Crippen LogP contribution in [0.4, 0.5) is 0 Å². The summed E-state index contributed by atoms with van der Waals surface area (Å²) in [6.07, 6.45) is 55.5. The van der Waals surface area contributed by atoms with Gasteiger partial charge in [-0.2, -0.15) is 0 Å². The second-order valence-corrected chi connectivity index (χ2v) is 17.1. The summed E-state index contributed by atoms with van der Waals surface area (Å²) in [6, 6.07) is 0. The second-order valence-electron chi connectivity index (χ2n) is 17.1. The lowest BCUT2D eigenvalue weighted by atomic mass is 10.0. The maximum Gasteiger partial charge on any atom is 0.306 e. The first kappa shape index (κ1) is 56.6. The van der Waals surface area contributed by atoms with E-state index >= 15 is 0 Å². The van der Waals surface area contributed by atoms with Gasteiger partial charge < -0.3 is 14.2 Å². The zero-order chi connectivity index (χ0) is 43.0. The molecule has 0 aliphatic rings. The molecule has 0 aliphatic heterocycles. The van der Waals surface area contributed by atoms with Crippen LogP contribution in [0.1, 0.15) is 265 Å². The predicted molar refractivity (Wildman–Crippen MR) is 252 cm³/mol. The lowest BCUT2D eigenvalue weighted by Crippen LogP contribution is -2.30. The van der Waals surface area contributed by atoms with Crippen LogP contribution in [0.5, 0.6) is 0 Å². The molecule has 0 spiro atoms. The number of hydrogen-bond acceptors (Lipinski definition) is 6. The molecule has 0 saturated heterocycles. The average Bonchev–Trinajstić information content (AvgIpc) is 3.23. The van der Waals surface area contributed by atoms with Gasteiger partial charge in [-0.15, -0.1) is 0 Å². The van der Waals surface area contributed by atoms with Crippen LogP contribution in [0.3, 0.4) is 0 Å². The number of hydrogen-bond donors (Lipinski definition) is 0. The van der Waals surface area contributed by atoms with Crippen molar-refractivity contribution in [3.8, 4) is 0 Å². The minimum atomic E-state index is -0.773. The SMILES string of the molecule is CC/C=C\C/C=C\C/C=C\CCCCCCCC(=O)OCC(COC(=O)CCCCCCCCCCCCC)OC(=O)CCCCCCCCCCCCCCCCC. The Bertz CT molecular complexity index is 1000. The Hall–Kier alpha value is -2.37. The fourth-order valence-electron chi connectivity index (χ4n) is 7.34. The molecule has 344 valence electrons. The molecule has 1 atom stereocenters. The van der Waals surface area contributed by atoms with E-state index in [9.17, 15) is 14.4 Å². The smallest absolute Gasteiger partial charge is 0.306 e. The van der Waals surface area contributed by atoms with Gasteiger partial charge in [-0.25, -0.2) is 0 Å². The minimum absolute atomic E-state index is 0.0736. The van der Waals surface area contributed by atoms with Crippen molar-refractivity contribution in [2.24, 2.45) is 0 Å². The monoisotopic (exact) mass is 829 g/mol. The third-order valence-corrected chi connectivity index (χ3v) is 11.2. The van der Waals surface area contributed by atoms with Crippen LogP contribution in [0.15, 0.2) is 36.5 Å². The highest BCUT2D eigenvalue weighted by atomic mass is 16.6. The number of rotatable bonds is 46. The number of carbonyl (C=O) groups excluding carboxylic acids is 3. The highest BCUT2D eigenvalue weighted by Gasteiger charge is 2.19. The number of ether oxygens (including phenoxy) is 3. The van der Waals surface area contributed by atoms with Crippen LogP contribution < -0.4 is 0 Å². The second kappa shape index (κ2) is 48.3. The van der Waals surface area contributed by atoms with Gasteiger partial charge in [0.15, 0.2) is 6.10 Å². The molecule has 59 heavy (non-hydrogen) atoms. The van der Waals surface area contributed by atoms with E-state index in [0.717, 1.165) is 96.3 Å². The van der Waals surface area contributed by atoms with E-state index in [-0.39, 0.29) is 31.1 Å². The first-order valence-corrected chi connectivity index (χ1v) is 25.5. The third kappa shape index (κ3) is 46.5. The molecule has 0 aliphatic carbocycles. The van der Waals surface area contributed by atoms with Crippen LogP contribution in [0, 0.1) is 0 Å². The molecule has 0 aromatic heterocycles. The Morgan fingerprint density at radius 2 is 0.661 bits per heavy atom. The number of allylic oxidation sites excluding steroid dienone is 6. The normalized spacial score (nSPS) is 12.3. The van der Waals surface area contributed by atoms with Crippen molar-refractivity contribution in [1.82, 2.24) is 0 Å². The summed E-state index contributed by atoms with van der Waals surface area (Å²) >= 11 is 0. The van der Waals surface area contributed by atoms with Crippen molar-refractivity contribution in [1.29, 1.82) is 0 Å². The average molecular weight is 829 g/mol. The molecule has 6 heteroatoms. The Balaban J connectivity index is 4.36. The topological polar surface area (TPSA) is 78.9 Å². The summed E-state index contributed by atoms with van der Waals surface area (Å²) in [4.78, 5) is 37.9. The molecule has 0 aromatic rings. The number of unbranched alkanes of at least 4 members (excludes halogenated alkanes) is 29. The Morgan fingerprint density at radius 3 is 1.03 bits per heavy atom. The molecule has 0 bridgehead atoms. The van der Waals surface area contributed by atoms with Crippen LogP contribution in [0.2, 0.25) is 0 Å². The van der Waals surface area contributed by atoms with Crippen molar-refractivity contribution in [2.75, 3.05) is 13.2 Å². The predicted octanol–water partition coefficient (Wildman–Crippen LogP) is 16.5. The van der Waals surface area contributed by atoms with Crippen LogP contribution >= 0.6 is 0 Å². The van der Waals surface area contributed by atoms with Crippen LogP contribution in [-0.2, 0) is 28.6 Å². The van der Waals surface area contributed by atoms with Gasteiger partial charge in [0, 0.05) is 19.3 Å². The quantitative estimate of drug-likeness (QED) is 0.0263. The van der Waals surface area contributed by atoms with Gasteiger partial charge in [-0.1, -0.05) is 231 Å². The van der Waals surface area contributed by atoms with Gasteiger partial charge >= 0.3 is 17.9 Å². The summed E-state index contributed by atoms with van der Waals surface area (Å²) in [5, 5.41) is 0. The Labute approximate surface area is 365 Å².